The summed E-state index contributed by atoms with van der Waals surface area (Å²) in [6.45, 7) is 5.69. The van der Waals surface area contributed by atoms with Crippen molar-refractivity contribution < 1.29 is 13.6 Å². The van der Waals surface area contributed by atoms with E-state index in [0.717, 1.165) is 0 Å². The lowest BCUT2D eigenvalue weighted by atomic mass is 9.99. The molecule has 1 atom stereocenters. The van der Waals surface area contributed by atoms with Crippen molar-refractivity contribution in [3.8, 4) is 0 Å². The van der Waals surface area contributed by atoms with Crippen LogP contribution in [-0.4, -0.2) is 31.1 Å². The molecule has 0 aliphatic heterocycles. The number of carbonyl (C=O) groups is 1. The van der Waals surface area contributed by atoms with Gasteiger partial charge in [-0.2, -0.15) is 0 Å². The number of hydrogen-bond acceptors (Lipinski definition) is 2. The van der Waals surface area contributed by atoms with Gasteiger partial charge in [0.25, 0.3) is 6.43 Å². The summed E-state index contributed by atoms with van der Waals surface area (Å²) >= 11 is 0. The molecule has 0 radical (unpaired) electrons. The zero-order valence-electron chi connectivity index (χ0n) is 10.0. The predicted molar refractivity (Wildman–Crippen MR) is 59.5 cm³/mol. The van der Waals surface area contributed by atoms with Crippen molar-refractivity contribution in [2.75, 3.05) is 13.1 Å². The van der Waals surface area contributed by atoms with E-state index in [1.807, 2.05) is 13.8 Å². The van der Waals surface area contributed by atoms with Gasteiger partial charge in [-0.1, -0.05) is 13.8 Å². The molecular weight excluding hydrogens is 216 g/mol. The summed E-state index contributed by atoms with van der Waals surface area (Å²) < 4.78 is 25.5. The third-order valence-corrected chi connectivity index (χ3v) is 2.22. The average Bonchev–Trinajstić information content (AvgIpc) is 2.14. The van der Waals surface area contributed by atoms with Gasteiger partial charge in [-0.05, 0) is 25.8 Å². The summed E-state index contributed by atoms with van der Waals surface area (Å²) in [7, 11) is 0. The van der Waals surface area contributed by atoms with Crippen LogP contribution in [0, 0.1) is 5.92 Å². The second-order valence-electron chi connectivity index (χ2n) is 4.49. The number of carbonyl (C=O) groups excluding carboxylic acids is 1. The van der Waals surface area contributed by atoms with Crippen LogP contribution in [0.3, 0.4) is 0 Å². The Morgan fingerprint density at radius 2 is 2.00 bits per heavy atom. The number of nitrogens with two attached hydrogens (primary N) is 1. The van der Waals surface area contributed by atoms with E-state index in [0.29, 0.717) is 6.54 Å². The Kier molecular flexibility index (Phi) is 6.25. The predicted octanol–water partition coefficient (Wildman–Crippen LogP) is 1.31. The summed E-state index contributed by atoms with van der Waals surface area (Å²) in [5.74, 6) is 0.276. The third kappa shape index (κ3) is 5.25. The Bertz CT molecular complexity index is 224. The lowest BCUT2D eigenvalue weighted by Gasteiger charge is -2.29. The topological polar surface area (TPSA) is 67.2 Å². The molecule has 0 bridgehead atoms. The van der Waals surface area contributed by atoms with Crippen LogP contribution in [0.25, 0.3) is 0 Å². The van der Waals surface area contributed by atoms with Gasteiger partial charge in [0.15, 0.2) is 0 Å². The monoisotopic (exact) mass is 237 g/mol. The summed E-state index contributed by atoms with van der Waals surface area (Å²) in [6, 6.07) is -0.579. The second kappa shape index (κ2) is 6.62. The van der Waals surface area contributed by atoms with Gasteiger partial charge in [0.2, 0.25) is 0 Å². The first-order chi connectivity index (χ1) is 7.31. The molecule has 96 valence electrons. The maximum Gasteiger partial charge on any atom is 0.315 e. The molecule has 1 unspecified atom stereocenters. The molecule has 0 aromatic heterocycles. The van der Waals surface area contributed by atoms with Crippen molar-refractivity contribution >= 4 is 6.03 Å². The first-order valence-electron chi connectivity index (χ1n) is 5.36. The second-order valence-corrected chi connectivity index (χ2v) is 4.49. The van der Waals surface area contributed by atoms with Crippen LogP contribution in [0.5, 0.6) is 0 Å². The van der Waals surface area contributed by atoms with E-state index < -0.39 is 18.0 Å². The van der Waals surface area contributed by atoms with Crippen LogP contribution < -0.4 is 16.4 Å². The Morgan fingerprint density at radius 3 is 2.38 bits per heavy atom. The quantitative estimate of drug-likeness (QED) is 0.652. The van der Waals surface area contributed by atoms with Crippen LogP contribution in [0.15, 0.2) is 0 Å². The summed E-state index contributed by atoms with van der Waals surface area (Å²) in [4.78, 5) is 11.3. The maximum absolute atomic E-state index is 12.7. The minimum atomic E-state index is -2.64. The smallest absolute Gasteiger partial charge is 0.315 e. The zero-order chi connectivity index (χ0) is 12.8. The van der Waals surface area contributed by atoms with Crippen molar-refractivity contribution in [2.24, 2.45) is 11.7 Å². The molecule has 0 saturated carbocycles. The fourth-order valence-corrected chi connectivity index (χ4v) is 1.13. The summed E-state index contributed by atoms with van der Waals surface area (Å²) in [5, 5.41) is 4.80. The molecule has 0 aromatic carbocycles. The van der Waals surface area contributed by atoms with E-state index >= 15 is 0 Å². The number of halogens is 2. The Balaban J connectivity index is 4.24. The van der Waals surface area contributed by atoms with Gasteiger partial charge in [-0.3, -0.25) is 0 Å². The highest BCUT2D eigenvalue weighted by Crippen LogP contribution is 2.18. The Labute approximate surface area is 95.0 Å². The first-order valence-corrected chi connectivity index (χ1v) is 5.36. The largest absolute Gasteiger partial charge is 0.338 e. The van der Waals surface area contributed by atoms with Gasteiger partial charge in [-0.15, -0.1) is 0 Å². The molecule has 0 aliphatic carbocycles. The van der Waals surface area contributed by atoms with Gasteiger partial charge in [-0.25, -0.2) is 13.6 Å². The summed E-state index contributed by atoms with van der Waals surface area (Å²) in [5.41, 5.74) is 3.69. The molecule has 4 N–H and O–H groups in total. The van der Waals surface area contributed by atoms with Crippen LogP contribution in [-0.2, 0) is 0 Å². The van der Waals surface area contributed by atoms with Gasteiger partial charge in [0.05, 0.1) is 0 Å². The van der Waals surface area contributed by atoms with Gasteiger partial charge in [0.1, 0.15) is 5.54 Å². The molecule has 0 fully saturated rings. The molecular formula is C10H21F2N3O. The Morgan fingerprint density at radius 1 is 1.44 bits per heavy atom. The molecule has 6 heteroatoms. The van der Waals surface area contributed by atoms with Gasteiger partial charge >= 0.3 is 6.03 Å². The molecule has 0 spiro atoms. The highest BCUT2D eigenvalue weighted by atomic mass is 19.3. The summed E-state index contributed by atoms with van der Waals surface area (Å²) in [6.07, 6.45) is -2.60. The van der Waals surface area contributed by atoms with Gasteiger partial charge < -0.3 is 16.4 Å². The van der Waals surface area contributed by atoms with Crippen molar-refractivity contribution in [2.45, 2.75) is 39.2 Å². The molecule has 16 heavy (non-hydrogen) atoms. The van der Waals surface area contributed by atoms with Crippen LogP contribution in [0.4, 0.5) is 13.6 Å². The number of amides is 2. The molecule has 0 aliphatic rings. The zero-order valence-corrected chi connectivity index (χ0v) is 10.0. The van der Waals surface area contributed by atoms with E-state index in [4.69, 9.17) is 5.73 Å². The molecule has 2 amide bonds. The van der Waals surface area contributed by atoms with Gasteiger partial charge in [0, 0.05) is 6.54 Å². The fraction of sp³-hybridized carbons (Fsp3) is 0.900. The van der Waals surface area contributed by atoms with Crippen molar-refractivity contribution in [3.63, 3.8) is 0 Å². The van der Waals surface area contributed by atoms with Crippen LogP contribution >= 0.6 is 0 Å². The van der Waals surface area contributed by atoms with E-state index in [1.165, 1.54) is 6.92 Å². The first kappa shape index (κ1) is 15.1. The molecule has 0 saturated heterocycles. The van der Waals surface area contributed by atoms with E-state index in [-0.39, 0.29) is 18.9 Å². The minimum Gasteiger partial charge on any atom is -0.338 e. The SMILES string of the molecule is CC(C)CNC(=O)NC(C)(CCN)C(F)F. The van der Waals surface area contributed by atoms with E-state index in [2.05, 4.69) is 10.6 Å². The molecule has 0 aromatic rings. The maximum atomic E-state index is 12.7. The standard InChI is InChI=1S/C10H21F2N3O/c1-7(2)6-14-9(16)15-10(3,4-5-13)8(11)12/h7-8H,4-6,13H2,1-3H3,(H2,14,15,16). The fourth-order valence-electron chi connectivity index (χ4n) is 1.13. The number of alkyl halides is 2. The van der Waals surface area contributed by atoms with Crippen LogP contribution in [0.2, 0.25) is 0 Å². The molecule has 0 heterocycles. The van der Waals surface area contributed by atoms with E-state index in [9.17, 15) is 13.6 Å². The normalized spacial score (nSPS) is 15.0. The van der Waals surface area contributed by atoms with Crippen LogP contribution in [0.1, 0.15) is 27.2 Å². The number of hydrogen-bond donors (Lipinski definition) is 3. The number of rotatable bonds is 6. The lowest BCUT2D eigenvalue weighted by Crippen LogP contribution is -2.55. The number of nitrogens with one attached hydrogen (secondary N) is 2. The van der Waals surface area contributed by atoms with Crippen molar-refractivity contribution in [1.82, 2.24) is 10.6 Å². The van der Waals surface area contributed by atoms with E-state index in [1.54, 1.807) is 0 Å². The van der Waals surface area contributed by atoms with Crippen molar-refractivity contribution in [1.29, 1.82) is 0 Å². The number of urea groups is 1. The average molecular weight is 237 g/mol. The molecule has 0 rings (SSSR count). The lowest BCUT2D eigenvalue weighted by molar-refractivity contribution is 0.0426. The minimum absolute atomic E-state index is 0.0414. The molecule has 4 nitrogen and oxygen atoms in total. The highest BCUT2D eigenvalue weighted by Gasteiger charge is 2.35. The highest BCUT2D eigenvalue weighted by molar-refractivity contribution is 5.74. The Hall–Kier alpha value is -0.910. The van der Waals surface area contributed by atoms with Crippen molar-refractivity contribution in [3.05, 3.63) is 0 Å². The third-order valence-electron chi connectivity index (χ3n) is 2.22.